The summed E-state index contributed by atoms with van der Waals surface area (Å²) in [6.45, 7) is 0.708. The van der Waals surface area contributed by atoms with Gasteiger partial charge in [-0.2, -0.15) is 4.39 Å². The second-order valence-corrected chi connectivity index (χ2v) is 4.44. The van der Waals surface area contributed by atoms with Gasteiger partial charge in [-0.15, -0.1) is 0 Å². The number of aromatic nitrogens is 1. The van der Waals surface area contributed by atoms with Gasteiger partial charge in [0.1, 0.15) is 11.6 Å². The predicted octanol–water partition coefficient (Wildman–Crippen LogP) is 0.839. The van der Waals surface area contributed by atoms with E-state index in [4.69, 9.17) is 0 Å². The van der Waals surface area contributed by atoms with E-state index >= 15 is 0 Å². The molecule has 0 amide bonds. The highest BCUT2D eigenvalue weighted by atomic mass is 19.1. The van der Waals surface area contributed by atoms with Gasteiger partial charge in [-0.25, -0.2) is 4.39 Å². The van der Waals surface area contributed by atoms with Crippen LogP contribution in [0.5, 0.6) is 5.75 Å². The number of benzene rings is 1. The van der Waals surface area contributed by atoms with Gasteiger partial charge in [0.05, 0.1) is 31.5 Å². The first-order valence-corrected chi connectivity index (χ1v) is 5.47. The van der Waals surface area contributed by atoms with E-state index in [1.165, 1.54) is 6.07 Å². The number of rotatable bonds is 3. The Kier molecular flexibility index (Phi) is 3.02. The van der Waals surface area contributed by atoms with Crippen molar-refractivity contribution in [2.75, 3.05) is 20.6 Å². The zero-order chi connectivity index (χ0) is 12.6. The summed E-state index contributed by atoms with van der Waals surface area (Å²) in [5.41, 5.74) is 0.379. The maximum absolute atomic E-state index is 13.7. The van der Waals surface area contributed by atoms with E-state index in [2.05, 4.69) is 4.98 Å². The quantitative estimate of drug-likeness (QED) is 0.732. The Morgan fingerprint density at radius 1 is 1.29 bits per heavy atom. The average molecular weight is 241 g/mol. The van der Waals surface area contributed by atoms with Crippen LogP contribution in [0.3, 0.4) is 0 Å². The molecular weight excluding hydrogens is 226 g/mol. The van der Waals surface area contributed by atoms with Crippen molar-refractivity contribution in [2.24, 2.45) is 0 Å². The third kappa shape index (κ3) is 2.10. The van der Waals surface area contributed by atoms with Gasteiger partial charge in [-0.05, 0) is 12.1 Å². The molecule has 0 radical (unpaired) electrons. The molecule has 0 bridgehead atoms. The smallest absolute Gasteiger partial charge is 0.195 e. The summed E-state index contributed by atoms with van der Waals surface area (Å²) in [5, 5.41) is 9.95. The molecule has 0 aliphatic carbocycles. The molecule has 0 aliphatic heterocycles. The molecule has 92 valence electrons. The minimum Gasteiger partial charge on any atom is -0.507 e. The number of phenols is 1. The molecule has 17 heavy (non-hydrogen) atoms. The lowest BCUT2D eigenvalue weighted by Crippen LogP contribution is -3.06. The van der Waals surface area contributed by atoms with E-state index in [1.807, 2.05) is 14.1 Å². The van der Waals surface area contributed by atoms with Crippen LogP contribution in [0, 0.1) is 11.8 Å². The van der Waals surface area contributed by atoms with Gasteiger partial charge in [-0.3, -0.25) is 0 Å². The number of likely N-dealkylation sites (N-methyl/N-ethyl adjacent to an activating group) is 1. The molecular formula is C12H15F2N2O+. The van der Waals surface area contributed by atoms with Gasteiger partial charge >= 0.3 is 0 Å². The Morgan fingerprint density at radius 3 is 2.65 bits per heavy atom. The van der Waals surface area contributed by atoms with Gasteiger partial charge < -0.3 is 15.0 Å². The molecule has 1 heterocycles. The van der Waals surface area contributed by atoms with Crippen molar-refractivity contribution in [3.8, 4) is 5.75 Å². The fourth-order valence-electron chi connectivity index (χ4n) is 1.90. The van der Waals surface area contributed by atoms with E-state index in [-0.39, 0.29) is 16.7 Å². The Balaban J connectivity index is 2.54. The summed E-state index contributed by atoms with van der Waals surface area (Å²) < 4.78 is 27.1. The molecule has 1 aromatic carbocycles. The number of hydrogen-bond donors (Lipinski definition) is 3. The first-order valence-electron chi connectivity index (χ1n) is 5.47. The highest BCUT2D eigenvalue weighted by Gasteiger charge is 2.18. The highest BCUT2D eigenvalue weighted by molar-refractivity contribution is 5.89. The number of hydrogen-bond acceptors (Lipinski definition) is 1. The number of quaternary nitrogens is 1. The Morgan fingerprint density at radius 2 is 2.00 bits per heavy atom. The zero-order valence-corrected chi connectivity index (χ0v) is 9.77. The van der Waals surface area contributed by atoms with Gasteiger partial charge in [0.15, 0.2) is 5.95 Å². The molecule has 5 heteroatoms. The lowest BCUT2D eigenvalue weighted by molar-refractivity contribution is -0.858. The van der Waals surface area contributed by atoms with Gasteiger partial charge in [0.2, 0.25) is 0 Å². The van der Waals surface area contributed by atoms with Crippen molar-refractivity contribution in [1.29, 1.82) is 0 Å². The summed E-state index contributed by atoms with van der Waals surface area (Å²) in [5.74, 6) is -1.22. The molecule has 0 spiro atoms. The van der Waals surface area contributed by atoms with Crippen LogP contribution < -0.4 is 4.90 Å². The Hall–Kier alpha value is -1.62. The van der Waals surface area contributed by atoms with Crippen molar-refractivity contribution in [2.45, 2.75) is 6.42 Å². The largest absolute Gasteiger partial charge is 0.507 e. The van der Waals surface area contributed by atoms with Crippen LogP contribution in [0.15, 0.2) is 12.1 Å². The van der Waals surface area contributed by atoms with Crippen molar-refractivity contribution in [1.82, 2.24) is 4.98 Å². The van der Waals surface area contributed by atoms with Gasteiger partial charge in [0, 0.05) is 12.0 Å². The number of halogens is 2. The summed E-state index contributed by atoms with van der Waals surface area (Å²) in [7, 11) is 3.90. The number of nitrogens with one attached hydrogen (secondary N) is 2. The summed E-state index contributed by atoms with van der Waals surface area (Å²) in [6.07, 6.45) is 0.450. The van der Waals surface area contributed by atoms with E-state index in [1.54, 1.807) is 0 Å². The minimum atomic E-state index is -0.568. The fourth-order valence-corrected chi connectivity index (χ4v) is 1.90. The van der Waals surface area contributed by atoms with Crippen LogP contribution in [0.1, 0.15) is 5.56 Å². The van der Waals surface area contributed by atoms with Crippen molar-refractivity contribution in [3.63, 3.8) is 0 Å². The second-order valence-electron chi connectivity index (χ2n) is 4.44. The molecule has 3 N–H and O–H groups in total. The maximum atomic E-state index is 13.7. The third-order valence-corrected chi connectivity index (χ3v) is 2.81. The second kappa shape index (κ2) is 4.33. The molecule has 3 nitrogen and oxygen atoms in total. The maximum Gasteiger partial charge on any atom is 0.195 e. The topological polar surface area (TPSA) is 40.5 Å². The van der Waals surface area contributed by atoms with Crippen LogP contribution in [-0.2, 0) is 6.42 Å². The number of aromatic hydroxyl groups is 1. The first-order chi connectivity index (χ1) is 8.00. The van der Waals surface area contributed by atoms with E-state index in [9.17, 15) is 13.9 Å². The lowest BCUT2D eigenvalue weighted by atomic mass is 10.1. The Bertz CT molecular complexity index is 549. The fraction of sp³-hybridized carbons (Fsp3) is 0.333. The van der Waals surface area contributed by atoms with E-state index < -0.39 is 11.8 Å². The average Bonchev–Trinajstić information content (AvgIpc) is 2.59. The monoisotopic (exact) mass is 241 g/mol. The third-order valence-electron chi connectivity index (χ3n) is 2.81. The Labute approximate surface area is 97.7 Å². The molecule has 0 fully saturated rings. The summed E-state index contributed by atoms with van der Waals surface area (Å²) in [4.78, 5) is 3.51. The van der Waals surface area contributed by atoms with Crippen molar-refractivity contribution in [3.05, 3.63) is 29.5 Å². The molecule has 0 saturated heterocycles. The standard InChI is InChI=1S/C12H14F2N2O/c1-16(2)6-5-7-10-9(17)4-3-8(13)11(10)15-12(7)14/h3-4,15,17H,5-6H2,1-2H3/p+1. The lowest BCUT2D eigenvalue weighted by Gasteiger charge is -2.06. The van der Waals surface area contributed by atoms with Crippen molar-refractivity contribution >= 4 is 10.9 Å². The molecule has 0 atom stereocenters. The van der Waals surface area contributed by atoms with Crippen LogP contribution in [0.2, 0.25) is 0 Å². The van der Waals surface area contributed by atoms with Crippen LogP contribution in [0.4, 0.5) is 8.78 Å². The van der Waals surface area contributed by atoms with Gasteiger partial charge in [-0.1, -0.05) is 0 Å². The molecule has 0 saturated carbocycles. The number of H-pyrrole nitrogens is 1. The SMILES string of the molecule is C[NH+](C)CCc1c(F)[nH]c2c(F)ccc(O)c12. The van der Waals surface area contributed by atoms with Crippen molar-refractivity contribution < 1.29 is 18.8 Å². The molecule has 2 aromatic rings. The zero-order valence-electron chi connectivity index (χ0n) is 9.77. The first kappa shape index (κ1) is 11.9. The normalized spacial score (nSPS) is 11.6. The summed E-state index contributed by atoms with van der Waals surface area (Å²) in [6, 6.07) is 2.37. The van der Waals surface area contributed by atoms with Crippen LogP contribution in [-0.4, -0.2) is 30.7 Å². The summed E-state index contributed by atoms with van der Waals surface area (Å²) >= 11 is 0. The van der Waals surface area contributed by atoms with Crippen LogP contribution in [0.25, 0.3) is 10.9 Å². The molecule has 2 rings (SSSR count). The molecule has 0 aliphatic rings. The number of aromatic amines is 1. The van der Waals surface area contributed by atoms with Gasteiger partial charge in [0.25, 0.3) is 0 Å². The molecule has 0 unspecified atom stereocenters. The minimum absolute atomic E-state index is 0.0336. The van der Waals surface area contributed by atoms with E-state index in [0.29, 0.717) is 18.5 Å². The van der Waals surface area contributed by atoms with E-state index in [0.717, 1.165) is 11.0 Å². The highest BCUT2D eigenvalue weighted by Crippen LogP contribution is 2.31. The number of fused-ring (bicyclic) bond motifs is 1. The predicted molar refractivity (Wildman–Crippen MR) is 61.3 cm³/mol. The van der Waals surface area contributed by atoms with Crippen LogP contribution >= 0.6 is 0 Å². The molecule has 1 aromatic heterocycles. The number of phenolic OH excluding ortho intramolecular Hbond substituents is 1.